The minimum absolute atomic E-state index is 0.513. The third kappa shape index (κ3) is 3.25. The molecule has 2 aromatic heterocycles. The summed E-state index contributed by atoms with van der Waals surface area (Å²) >= 11 is 0. The van der Waals surface area contributed by atoms with E-state index in [4.69, 9.17) is 4.52 Å². The highest BCUT2D eigenvalue weighted by atomic mass is 16.5. The van der Waals surface area contributed by atoms with Crippen LogP contribution in [0.5, 0.6) is 0 Å². The smallest absolute Gasteiger partial charge is 0.261 e. The van der Waals surface area contributed by atoms with Crippen LogP contribution < -0.4 is 4.90 Å². The predicted octanol–water partition coefficient (Wildman–Crippen LogP) is 2.86. The molecule has 0 unspecified atom stereocenters. The zero-order chi connectivity index (χ0) is 17.2. The topological polar surface area (TPSA) is 58.3 Å². The van der Waals surface area contributed by atoms with Crippen molar-refractivity contribution in [1.82, 2.24) is 20.0 Å². The second-order valence-electron chi connectivity index (χ2n) is 6.46. The SMILES string of the molecule is Cc1cccc(-c2noc(-c3cccnc3N3CCN(C)CC3)n2)c1. The molecule has 1 saturated heterocycles. The molecule has 0 atom stereocenters. The highest BCUT2D eigenvalue weighted by Gasteiger charge is 2.21. The number of pyridine rings is 1. The van der Waals surface area contributed by atoms with E-state index in [0.29, 0.717) is 11.7 Å². The summed E-state index contributed by atoms with van der Waals surface area (Å²) in [5.41, 5.74) is 3.02. The molecule has 0 N–H and O–H groups in total. The maximum Gasteiger partial charge on any atom is 0.261 e. The van der Waals surface area contributed by atoms with Crippen LogP contribution in [-0.2, 0) is 0 Å². The summed E-state index contributed by atoms with van der Waals surface area (Å²) in [5.74, 6) is 2.03. The number of benzene rings is 1. The average molecular weight is 335 g/mol. The second-order valence-corrected chi connectivity index (χ2v) is 6.46. The first-order chi connectivity index (χ1) is 12.2. The first kappa shape index (κ1) is 15.8. The summed E-state index contributed by atoms with van der Waals surface area (Å²) in [6.45, 7) is 5.98. The van der Waals surface area contributed by atoms with E-state index in [9.17, 15) is 0 Å². The maximum absolute atomic E-state index is 5.56. The molecule has 3 heterocycles. The van der Waals surface area contributed by atoms with E-state index in [1.54, 1.807) is 0 Å². The Morgan fingerprint density at radius 1 is 1.04 bits per heavy atom. The van der Waals surface area contributed by atoms with Gasteiger partial charge in [-0.3, -0.25) is 0 Å². The van der Waals surface area contributed by atoms with Gasteiger partial charge in [-0.15, -0.1) is 0 Å². The zero-order valence-electron chi connectivity index (χ0n) is 14.5. The molecular formula is C19H21N5O. The number of likely N-dealkylation sites (N-methyl/N-ethyl adjacent to an activating group) is 1. The summed E-state index contributed by atoms with van der Waals surface area (Å²) in [5, 5.41) is 4.16. The molecule has 1 fully saturated rings. The Labute approximate surface area is 147 Å². The van der Waals surface area contributed by atoms with Crippen molar-refractivity contribution in [1.29, 1.82) is 0 Å². The Bertz CT molecular complexity index is 868. The number of nitrogens with zero attached hydrogens (tertiary/aromatic N) is 5. The van der Waals surface area contributed by atoms with Gasteiger partial charge in [0.15, 0.2) is 0 Å². The molecule has 1 aromatic carbocycles. The average Bonchev–Trinajstić information content (AvgIpc) is 3.12. The highest BCUT2D eigenvalue weighted by molar-refractivity contribution is 5.71. The summed E-state index contributed by atoms with van der Waals surface area (Å²) in [7, 11) is 2.14. The van der Waals surface area contributed by atoms with Crippen molar-refractivity contribution in [2.75, 3.05) is 38.1 Å². The van der Waals surface area contributed by atoms with Crippen molar-refractivity contribution in [3.05, 3.63) is 48.2 Å². The molecule has 3 aromatic rings. The molecule has 4 rings (SSSR count). The van der Waals surface area contributed by atoms with Gasteiger partial charge in [0.2, 0.25) is 5.82 Å². The van der Waals surface area contributed by atoms with E-state index < -0.39 is 0 Å². The molecule has 0 aliphatic carbocycles. The minimum atomic E-state index is 0.513. The summed E-state index contributed by atoms with van der Waals surface area (Å²) < 4.78 is 5.56. The van der Waals surface area contributed by atoms with Gasteiger partial charge in [0.05, 0.1) is 5.56 Å². The number of anilines is 1. The van der Waals surface area contributed by atoms with Gasteiger partial charge < -0.3 is 14.3 Å². The van der Waals surface area contributed by atoms with Gasteiger partial charge in [0, 0.05) is 37.9 Å². The largest absolute Gasteiger partial charge is 0.353 e. The molecule has 0 spiro atoms. The van der Waals surface area contributed by atoms with Gasteiger partial charge in [0.1, 0.15) is 5.82 Å². The van der Waals surface area contributed by atoms with E-state index in [2.05, 4.69) is 51.0 Å². The molecule has 6 heteroatoms. The van der Waals surface area contributed by atoms with E-state index in [1.165, 1.54) is 5.56 Å². The first-order valence-corrected chi connectivity index (χ1v) is 8.50. The maximum atomic E-state index is 5.56. The fourth-order valence-electron chi connectivity index (χ4n) is 3.07. The molecule has 128 valence electrons. The number of piperazine rings is 1. The van der Waals surface area contributed by atoms with Crippen molar-refractivity contribution < 1.29 is 4.52 Å². The highest BCUT2D eigenvalue weighted by Crippen LogP contribution is 2.29. The number of hydrogen-bond donors (Lipinski definition) is 0. The molecule has 25 heavy (non-hydrogen) atoms. The number of aromatic nitrogens is 3. The van der Waals surface area contributed by atoms with Crippen LogP contribution in [0.1, 0.15) is 5.56 Å². The van der Waals surface area contributed by atoms with Gasteiger partial charge >= 0.3 is 0 Å². The van der Waals surface area contributed by atoms with Gasteiger partial charge in [-0.05, 0) is 32.2 Å². The van der Waals surface area contributed by atoms with E-state index >= 15 is 0 Å². The van der Waals surface area contributed by atoms with Crippen LogP contribution >= 0.6 is 0 Å². The van der Waals surface area contributed by atoms with Gasteiger partial charge in [0.25, 0.3) is 5.89 Å². The second kappa shape index (κ2) is 6.64. The van der Waals surface area contributed by atoms with Crippen LogP contribution in [0, 0.1) is 6.92 Å². The van der Waals surface area contributed by atoms with Crippen LogP contribution in [0.3, 0.4) is 0 Å². The lowest BCUT2D eigenvalue weighted by atomic mass is 10.1. The Morgan fingerprint density at radius 3 is 2.68 bits per heavy atom. The van der Waals surface area contributed by atoms with Crippen molar-refractivity contribution in [3.63, 3.8) is 0 Å². The number of hydrogen-bond acceptors (Lipinski definition) is 6. The summed E-state index contributed by atoms with van der Waals surface area (Å²) in [4.78, 5) is 13.8. The fourth-order valence-corrected chi connectivity index (χ4v) is 3.07. The normalized spacial score (nSPS) is 15.5. The van der Waals surface area contributed by atoms with E-state index in [-0.39, 0.29) is 0 Å². The Kier molecular flexibility index (Phi) is 4.19. The molecule has 0 bridgehead atoms. The number of aryl methyl sites for hydroxylation is 1. The minimum Gasteiger partial charge on any atom is -0.353 e. The standard InChI is InChI=1S/C19H21N5O/c1-14-5-3-6-15(13-14)17-21-19(25-22-17)16-7-4-8-20-18(16)24-11-9-23(2)10-12-24/h3-8,13H,9-12H2,1-2H3. The molecule has 6 nitrogen and oxygen atoms in total. The van der Waals surface area contributed by atoms with E-state index in [0.717, 1.165) is 43.1 Å². The predicted molar refractivity (Wildman–Crippen MR) is 97.4 cm³/mol. The van der Waals surface area contributed by atoms with Crippen molar-refractivity contribution in [3.8, 4) is 22.8 Å². The Morgan fingerprint density at radius 2 is 1.88 bits per heavy atom. The zero-order valence-corrected chi connectivity index (χ0v) is 14.5. The number of rotatable bonds is 3. The summed E-state index contributed by atoms with van der Waals surface area (Å²) in [6.07, 6.45) is 1.81. The van der Waals surface area contributed by atoms with Crippen molar-refractivity contribution in [2.45, 2.75) is 6.92 Å². The fraction of sp³-hybridized carbons (Fsp3) is 0.316. The first-order valence-electron chi connectivity index (χ1n) is 8.50. The van der Waals surface area contributed by atoms with Crippen LogP contribution in [0.4, 0.5) is 5.82 Å². The van der Waals surface area contributed by atoms with Crippen molar-refractivity contribution in [2.24, 2.45) is 0 Å². The van der Waals surface area contributed by atoms with Crippen LogP contribution in [0.2, 0.25) is 0 Å². The third-order valence-corrected chi connectivity index (χ3v) is 4.52. The Hall–Kier alpha value is -2.73. The lowest BCUT2D eigenvalue weighted by Crippen LogP contribution is -2.45. The Balaban J connectivity index is 1.67. The van der Waals surface area contributed by atoms with Gasteiger partial charge in [-0.25, -0.2) is 4.98 Å². The molecule has 0 radical (unpaired) electrons. The lowest BCUT2D eigenvalue weighted by molar-refractivity contribution is 0.312. The van der Waals surface area contributed by atoms with Crippen LogP contribution in [0.15, 0.2) is 47.1 Å². The molecule has 0 saturated carbocycles. The van der Waals surface area contributed by atoms with Crippen molar-refractivity contribution >= 4 is 5.82 Å². The monoisotopic (exact) mass is 335 g/mol. The van der Waals surface area contributed by atoms with Gasteiger partial charge in [-0.1, -0.05) is 28.9 Å². The molecule has 1 aliphatic heterocycles. The van der Waals surface area contributed by atoms with Crippen LogP contribution in [-0.4, -0.2) is 53.3 Å². The third-order valence-electron chi connectivity index (χ3n) is 4.52. The molecule has 1 aliphatic rings. The molecular weight excluding hydrogens is 314 g/mol. The van der Waals surface area contributed by atoms with Crippen LogP contribution in [0.25, 0.3) is 22.8 Å². The van der Waals surface area contributed by atoms with Gasteiger partial charge in [-0.2, -0.15) is 4.98 Å². The summed E-state index contributed by atoms with van der Waals surface area (Å²) in [6, 6.07) is 12.0. The lowest BCUT2D eigenvalue weighted by Gasteiger charge is -2.33. The van der Waals surface area contributed by atoms with E-state index in [1.807, 2.05) is 30.5 Å². The quantitative estimate of drug-likeness (QED) is 0.733. The molecule has 0 amide bonds.